The summed E-state index contributed by atoms with van der Waals surface area (Å²) in [6.07, 6.45) is -2.60. The molecule has 0 spiro atoms. The quantitative estimate of drug-likeness (QED) is 0.464. The monoisotopic (exact) mass is 504 g/mol. The Bertz CT molecular complexity index is 1240. The van der Waals surface area contributed by atoms with Crippen LogP contribution in [0, 0.1) is 5.82 Å². The summed E-state index contributed by atoms with van der Waals surface area (Å²) in [6.45, 7) is 2.81. The number of aliphatic hydroxyl groups is 1. The molecule has 0 aliphatic carbocycles. The topological polar surface area (TPSA) is 97.2 Å². The Kier molecular flexibility index (Phi) is 7.05. The van der Waals surface area contributed by atoms with Gasteiger partial charge in [-0.05, 0) is 25.0 Å². The Morgan fingerprint density at radius 3 is 2.42 bits per heavy atom. The Balaban J connectivity index is 1.72. The molecule has 3 heterocycles. The summed E-state index contributed by atoms with van der Waals surface area (Å²) in [5.41, 5.74) is -2.22. The van der Waals surface area contributed by atoms with E-state index in [0.29, 0.717) is 5.82 Å². The molecule has 0 unspecified atom stereocenters. The van der Waals surface area contributed by atoms with Crippen molar-refractivity contribution in [1.29, 1.82) is 0 Å². The molecule has 2 atom stereocenters. The number of aromatic nitrogens is 3. The van der Waals surface area contributed by atoms with E-state index in [1.807, 2.05) is 13.8 Å². The average Bonchev–Trinajstić information content (AvgIpc) is 2.84. The van der Waals surface area contributed by atoms with Crippen molar-refractivity contribution in [3.63, 3.8) is 0 Å². The average molecular weight is 504 g/mol. The van der Waals surface area contributed by atoms with Crippen LogP contribution in [0.2, 0.25) is 0 Å². The number of alkyl halides is 3. The standard InChI is InChI=1S/C25H24F4N4O3/c1-14(2)22-31-11-15(12-32-22)23(34)33-20-17(16-5-3-4-6-18(16)26)8-10-30-21(20)19-7-9-24(35,13-36-19)25(27,28)29/h3-6,8,10-12,14,19,35H,7,9,13H2,1-2H3,(H,33,34)/t19-,24-/m0/s1. The highest BCUT2D eigenvalue weighted by atomic mass is 19.4. The van der Waals surface area contributed by atoms with Crippen LogP contribution in [0.1, 0.15) is 60.6 Å². The van der Waals surface area contributed by atoms with Gasteiger partial charge in [-0.15, -0.1) is 0 Å². The summed E-state index contributed by atoms with van der Waals surface area (Å²) in [5.74, 6) is -0.572. The Morgan fingerprint density at radius 2 is 1.83 bits per heavy atom. The highest BCUT2D eigenvalue weighted by Gasteiger charge is 2.56. The van der Waals surface area contributed by atoms with Crippen molar-refractivity contribution in [3.05, 3.63) is 71.8 Å². The molecule has 1 aromatic carbocycles. The number of amides is 1. The molecule has 2 aromatic heterocycles. The largest absolute Gasteiger partial charge is 0.419 e. The van der Waals surface area contributed by atoms with E-state index in [1.54, 1.807) is 6.07 Å². The molecule has 11 heteroatoms. The lowest BCUT2D eigenvalue weighted by Gasteiger charge is -2.37. The third-order valence-electron chi connectivity index (χ3n) is 6.01. The van der Waals surface area contributed by atoms with Crippen LogP contribution in [0.5, 0.6) is 0 Å². The fraction of sp³-hybridized carbons (Fsp3) is 0.360. The van der Waals surface area contributed by atoms with Gasteiger partial charge < -0.3 is 15.2 Å². The van der Waals surface area contributed by atoms with Gasteiger partial charge in [-0.3, -0.25) is 9.78 Å². The fourth-order valence-corrected chi connectivity index (χ4v) is 3.90. The number of anilines is 1. The van der Waals surface area contributed by atoms with Crippen molar-refractivity contribution in [2.75, 3.05) is 11.9 Å². The van der Waals surface area contributed by atoms with Crippen molar-refractivity contribution >= 4 is 11.6 Å². The van der Waals surface area contributed by atoms with Crippen LogP contribution in [-0.2, 0) is 4.74 Å². The van der Waals surface area contributed by atoms with Crippen LogP contribution >= 0.6 is 0 Å². The number of pyridine rings is 1. The number of hydrogen-bond donors (Lipinski definition) is 2. The Labute approximate surface area is 204 Å². The zero-order valence-corrected chi connectivity index (χ0v) is 19.5. The van der Waals surface area contributed by atoms with Gasteiger partial charge in [0, 0.05) is 35.6 Å². The summed E-state index contributed by atoms with van der Waals surface area (Å²) in [4.78, 5) is 25.7. The summed E-state index contributed by atoms with van der Waals surface area (Å²) in [7, 11) is 0. The SMILES string of the molecule is CC(C)c1ncc(C(=O)Nc2c(-c3ccccc3F)ccnc2[C@@H]2CC[C@@](O)(C(F)(F)F)CO2)cn1. The Hall–Kier alpha value is -3.44. The van der Waals surface area contributed by atoms with Gasteiger partial charge >= 0.3 is 6.18 Å². The smallest absolute Gasteiger partial charge is 0.379 e. The molecule has 190 valence electrons. The van der Waals surface area contributed by atoms with Crippen LogP contribution in [-0.4, -0.2) is 44.3 Å². The molecule has 1 fully saturated rings. The molecular weight excluding hydrogens is 480 g/mol. The maximum atomic E-state index is 14.7. The second kappa shape index (κ2) is 9.90. The van der Waals surface area contributed by atoms with Gasteiger partial charge in [0.25, 0.3) is 5.91 Å². The minimum atomic E-state index is -4.86. The third kappa shape index (κ3) is 5.07. The van der Waals surface area contributed by atoms with Crippen LogP contribution in [0.3, 0.4) is 0 Å². The molecule has 0 bridgehead atoms. The third-order valence-corrected chi connectivity index (χ3v) is 6.01. The second-order valence-electron chi connectivity index (χ2n) is 8.91. The minimum absolute atomic E-state index is 0.0542. The first-order valence-corrected chi connectivity index (χ1v) is 11.3. The maximum absolute atomic E-state index is 14.7. The zero-order valence-electron chi connectivity index (χ0n) is 19.5. The molecule has 7 nitrogen and oxygen atoms in total. The van der Waals surface area contributed by atoms with E-state index in [1.165, 1.54) is 42.9 Å². The lowest BCUT2D eigenvalue weighted by Crippen LogP contribution is -2.51. The Morgan fingerprint density at radius 1 is 1.14 bits per heavy atom. The van der Waals surface area contributed by atoms with Gasteiger partial charge in [0.05, 0.1) is 23.6 Å². The lowest BCUT2D eigenvalue weighted by molar-refractivity contribution is -0.295. The summed E-state index contributed by atoms with van der Waals surface area (Å²) < 4.78 is 59.8. The number of carbonyl (C=O) groups is 1. The van der Waals surface area contributed by atoms with E-state index in [0.717, 1.165) is 0 Å². The van der Waals surface area contributed by atoms with E-state index in [4.69, 9.17) is 4.74 Å². The van der Waals surface area contributed by atoms with Gasteiger partial charge in [-0.25, -0.2) is 14.4 Å². The van der Waals surface area contributed by atoms with Crippen molar-refractivity contribution in [2.24, 2.45) is 0 Å². The highest BCUT2D eigenvalue weighted by molar-refractivity contribution is 6.06. The molecule has 1 aliphatic rings. The number of nitrogens with one attached hydrogen (secondary N) is 1. The number of nitrogens with zero attached hydrogens (tertiary/aromatic N) is 3. The molecule has 2 N–H and O–H groups in total. The number of benzene rings is 1. The first-order chi connectivity index (χ1) is 17.0. The fourth-order valence-electron chi connectivity index (χ4n) is 3.90. The van der Waals surface area contributed by atoms with E-state index in [2.05, 4.69) is 20.3 Å². The van der Waals surface area contributed by atoms with E-state index in [-0.39, 0.29) is 40.4 Å². The molecule has 36 heavy (non-hydrogen) atoms. The first kappa shape index (κ1) is 25.6. The number of rotatable bonds is 5. The van der Waals surface area contributed by atoms with Crippen LogP contribution in [0.15, 0.2) is 48.9 Å². The minimum Gasteiger partial charge on any atom is -0.379 e. The lowest BCUT2D eigenvalue weighted by atomic mass is 9.90. The van der Waals surface area contributed by atoms with Gasteiger partial charge in [-0.1, -0.05) is 32.0 Å². The van der Waals surface area contributed by atoms with Gasteiger partial charge in [-0.2, -0.15) is 13.2 Å². The van der Waals surface area contributed by atoms with Crippen molar-refractivity contribution in [1.82, 2.24) is 15.0 Å². The van der Waals surface area contributed by atoms with E-state index < -0.39 is 42.6 Å². The van der Waals surface area contributed by atoms with Crippen LogP contribution in [0.4, 0.5) is 23.2 Å². The summed E-state index contributed by atoms with van der Waals surface area (Å²) in [5, 5.41) is 12.7. The molecule has 4 rings (SSSR count). The van der Waals surface area contributed by atoms with Crippen LogP contribution < -0.4 is 5.32 Å². The molecule has 1 saturated heterocycles. The van der Waals surface area contributed by atoms with E-state index >= 15 is 0 Å². The van der Waals surface area contributed by atoms with Crippen molar-refractivity contribution < 1.29 is 32.2 Å². The number of ether oxygens (including phenoxy) is 1. The molecule has 0 radical (unpaired) electrons. The molecule has 1 aliphatic heterocycles. The number of halogens is 4. The molecule has 0 saturated carbocycles. The first-order valence-electron chi connectivity index (χ1n) is 11.3. The highest BCUT2D eigenvalue weighted by Crippen LogP contribution is 2.44. The van der Waals surface area contributed by atoms with Gasteiger partial charge in [0.1, 0.15) is 17.7 Å². The van der Waals surface area contributed by atoms with Gasteiger partial charge in [0.2, 0.25) is 0 Å². The maximum Gasteiger partial charge on any atom is 0.419 e. The van der Waals surface area contributed by atoms with Gasteiger partial charge in [0.15, 0.2) is 5.60 Å². The van der Waals surface area contributed by atoms with Crippen molar-refractivity contribution in [3.8, 4) is 11.1 Å². The molecule has 1 amide bonds. The van der Waals surface area contributed by atoms with Crippen LogP contribution in [0.25, 0.3) is 11.1 Å². The molecule has 3 aromatic rings. The summed E-state index contributed by atoms with van der Waals surface area (Å²) in [6, 6.07) is 7.37. The number of hydrogen-bond acceptors (Lipinski definition) is 6. The second-order valence-corrected chi connectivity index (χ2v) is 8.91. The zero-order chi connectivity index (χ0) is 26.1. The normalized spacial score (nSPS) is 20.4. The van der Waals surface area contributed by atoms with Crippen molar-refractivity contribution in [2.45, 2.75) is 50.5 Å². The molecular formula is C25H24F4N4O3. The van der Waals surface area contributed by atoms with E-state index in [9.17, 15) is 27.5 Å². The predicted molar refractivity (Wildman–Crippen MR) is 123 cm³/mol. The predicted octanol–water partition coefficient (Wildman–Crippen LogP) is 5.20. The summed E-state index contributed by atoms with van der Waals surface area (Å²) >= 11 is 0. The number of carbonyl (C=O) groups excluding carboxylic acids is 1.